The molecule has 3 heterocycles. The van der Waals surface area contributed by atoms with Crippen LogP contribution in [0.4, 0.5) is 15.7 Å². The molecule has 1 fully saturated rings. The van der Waals surface area contributed by atoms with Gasteiger partial charge in [-0.1, -0.05) is 35.4 Å². The summed E-state index contributed by atoms with van der Waals surface area (Å²) in [6.07, 6.45) is 1.75. The van der Waals surface area contributed by atoms with Crippen molar-refractivity contribution in [2.75, 3.05) is 30.4 Å². The summed E-state index contributed by atoms with van der Waals surface area (Å²) in [5, 5.41) is 19.6. The number of halogens is 1. The number of amides is 1. The number of carbonyl (C=O) groups is 1. The van der Waals surface area contributed by atoms with Gasteiger partial charge in [-0.2, -0.15) is 5.10 Å². The zero-order valence-corrected chi connectivity index (χ0v) is 17.0. The van der Waals surface area contributed by atoms with E-state index in [0.717, 1.165) is 24.3 Å². The maximum absolute atomic E-state index is 12.5. The molecular weight excluding hydrogens is 411 g/mol. The van der Waals surface area contributed by atoms with Crippen molar-refractivity contribution < 1.29 is 20.4 Å². The number of carbonyl (C=O) groups excluding carboxylic acids is 1. The minimum Gasteiger partial charge on any atom is -0.464 e. The lowest BCUT2D eigenvalue weighted by molar-refractivity contribution is -0.126. The van der Waals surface area contributed by atoms with Crippen molar-refractivity contribution in [1.29, 1.82) is 0 Å². The van der Waals surface area contributed by atoms with Gasteiger partial charge in [-0.25, -0.2) is 0 Å². The number of anilines is 2. The second-order valence-corrected chi connectivity index (χ2v) is 7.39. The topological polar surface area (TPSA) is 102 Å². The number of hydrogen-bond donors (Lipinski definition) is 1. The highest BCUT2D eigenvalue weighted by Gasteiger charge is 2.27. The molecule has 2 aromatic heterocycles. The van der Waals surface area contributed by atoms with Crippen molar-refractivity contribution in [3.05, 3.63) is 54.2 Å². The van der Waals surface area contributed by atoms with Crippen LogP contribution in [0, 0.1) is 0 Å². The molecule has 2 atom stereocenters. The van der Waals surface area contributed by atoms with Gasteiger partial charge in [-0.15, -0.1) is 10.2 Å². The van der Waals surface area contributed by atoms with Crippen LogP contribution in [0.2, 0.25) is 0 Å². The highest BCUT2D eigenvalue weighted by Crippen LogP contribution is 2.28. The first-order chi connectivity index (χ1) is 14.2. The van der Waals surface area contributed by atoms with Gasteiger partial charge in [0.2, 0.25) is 5.13 Å². The summed E-state index contributed by atoms with van der Waals surface area (Å²) in [4.78, 5) is 14.7. The Morgan fingerprint density at radius 3 is 2.80 bits per heavy atom. The molecule has 30 heavy (non-hydrogen) atoms. The van der Waals surface area contributed by atoms with E-state index in [-0.39, 0.29) is 18.1 Å². The summed E-state index contributed by atoms with van der Waals surface area (Å²) in [5.41, 5.74) is 0.767. The zero-order chi connectivity index (χ0) is 20.1. The third-order valence-electron chi connectivity index (χ3n) is 4.51. The smallest absolute Gasteiger partial charge is 0.296 e. The molecule has 0 aliphatic carbocycles. The van der Waals surface area contributed by atoms with Crippen LogP contribution in [-0.2, 0) is 9.53 Å². The van der Waals surface area contributed by atoms with Gasteiger partial charge in [0, 0.05) is 27.7 Å². The van der Waals surface area contributed by atoms with E-state index in [2.05, 4.69) is 30.6 Å². The lowest BCUT2D eigenvalue weighted by Gasteiger charge is -2.16. The molecule has 0 bridgehead atoms. The zero-order valence-electron chi connectivity index (χ0n) is 16.2. The Kier molecular flexibility index (Phi) is 7.20. The maximum atomic E-state index is 12.5. The molecule has 0 radical (unpaired) electrons. The summed E-state index contributed by atoms with van der Waals surface area (Å²) in [6, 6.07) is 13.1. The second kappa shape index (κ2) is 10.0. The van der Waals surface area contributed by atoms with E-state index < -0.39 is 6.10 Å². The van der Waals surface area contributed by atoms with Crippen LogP contribution in [-0.4, -0.2) is 52.6 Å². The number of hydrogen-bond acceptors (Lipinski definition) is 9. The van der Waals surface area contributed by atoms with Crippen molar-refractivity contribution >= 4 is 28.2 Å². The second-order valence-electron chi connectivity index (χ2n) is 6.45. The molecule has 9 nitrogen and oxygen atoms in total. The van der Waals surface area contributed by atoms with Crippen molar-refractivity contribution in [2.45, 2.75) is 18.6 Å². The van der Waals surface area contributed by atoms with E-state index in [9.17, 15) is 4.79 Å². The molecule has 1 N–H and O–H groups in total. The maximum Gasteiger partial charge on any atom is 0.296 e. The molecular formula is C19H23FN6O3S. The van der Waals surface area contributed by atoms with Crippen molar-refractivity contribution in [3.63, 3.8) is 0 Å². The van der Waals surface area contributed by atoms with E-state index in [1.165, 1.54) is 18.4 Å². The van der Waals surface area contributed by atoms with Crippen molar-refractivity contribution in [3.8, 4) is 5.19 Å². The molecule has 1 aromatic carbocycles. The standard InChI is InChI=1S/C19H20N6O3S.FH.H2/c1-27-16(13-6-3-2-4-7-13)17(26)21-18-23-24-19(29-18)28-14-9-11-25(12-14)15-8-5-10-20-22-15;;/h2-8,10,14,16H,9,11-12H2,1H3,(H,21,23,26);2*1H/t14-,16+;;/m1../s1. The van der Waals surface area contributed by atoms with Gasteiger partial charge in [-0.3, -0.25) is 14.8 Å². The van der Waals surface area contributed by atoms with Crippen LogP contribution in [0.5, 0.6) is 5.19 Å². The first kappa shape index (κ1) is 21.5. The Morgan fingerprint density at radius 1 is 1.23 bits per heavy atom. The molecule has 1 amide bonds. The molecule has 1 aliphatic heterocycles. The minimum atomic E-state index is -0.722. The quantitative estimate of drug-likeness (QED) is 0.606. The summed E-state index contributed by atoms with van der Waals surface area (Å²) in [5.74, 6) is 0.520. The van der Waals surface area contributed by atoms with Gasteiger partial charge < -0.3 is 14.4 Å². The first-order valence-electron chi connectivity index (χ1n) is 9.14. The van der Waals surface area contributed by atoms with Crippen LogP contribution in [0.1, 0.15) is 19.5 Å². The molecule has 3 aromatic rings. The van der Waals surface area contributed by atoms with Crippen LogP contribution >= 0.6 is 11.3 Å². The Labute approximate surface area is 177 Å². The normalized spacial score (nSPS) is 16.6. The lowest BCUT2D eigenvalue weighted by atomic mass is 10.1. The predicted molar refractivity (Wildman–Crippen MR) is 113 cm³/mol. The van der Waals surface area contributed by atoms with E-state index in [4.69, 9.17) is 9.47 Å². The number of rotatable bonds is 7. The Balaban J connectivity index is 0.00000171. The SMILES string of the molecule is CO[C@H](C(=O)Nc1nnc(O[C@@H]2CCN(c3cccnn3)C2)s1)c1ccccc1.F.[HH]. The van der Waals surface area contributed by atoms with Crippen molar-refractivity contribution in [2.24, 2.45) is 0 Å². The minimum absolute atomic E-state index is 0. The average Bonchev–Trinajstić information content (AvgIpc) is 3.40. The number of benzene rings is 1. The van der Waals surface area contributed by atoms with Crippen LogP contribution in [0.15, 0.2) is 48.7 Å². The van der Waals surface area contributed by atoms with Crippen LogP contribution < -0.4 is 15.0 Å². The summed E-state index contributed by atoms with van der Waals surface area (Å²) >= 11 is 1.19. The Morgan fingerprint density at radius 2 is 2.07 bits per heavy atom. The number of nitrogens with one attached hydrogen (secondary N) is 1. The van der Waals surface area contributed by atoms with Gasteiger partial charge in [0.1, 0.15) is 6.10 Å². The van der Waals surface area contributed by atoms with Gasteiger partial charge in [0.25, 0.3) is 11.1 Å². The third kappa shape index (κ3) is 5.05. The number of methoxy groups -OCH3 is 1. The number of ether oxygens (including phenoxy) is 2. The fourth-order valence-corrected chi connectivity index (χ4v) is 3.80. The van der Waals surface area contributed by atoms with Crippen molar-refractivity contribution in [1.82, 2.24) is 20.4 Å². The van der Waals surface area contributed by atoms with E-state index in [1.807, 2.05) is 42.5 Å². The van der Waals surface area contributed by atoms with Gasteiger partial charge in [0.15, 0.2) is 11.9 Å². The van der Waals surface area contributed by atoms with E-state index in [1.54, 1.807) is 6.20 Å². The summed E-state index contributed by atoms with van der Waals surface area (Å²) in [7, 11) is 1.49. The van der Waals surface area contributed by atoms with Gasteiger partial charge >= 0.3 is 0 Å². The molecule has 0 saturated carbocycles. The van der Waals surface area contributed by atoms with E-state index in [0.29, 0.717) is 16.9 Å². The molecule has 0 spiro atoms. The fraction of sp³-hybridized carbons (Fsp3) is 0.316. The summed E-state index contributed by atoms with van der Waals surface area (Å²) in [6.45, 7) is 1.53. The third-order valence-corrected chi connectivity index (χ3v) is 5.24. The lowest BCUT2D eigenvalue weighted by Crippen LogP contribution is -2.25. The molecule has 11 heteroatoms. The highest BCUT2D eigenvalue weighted by atomic mass is 32.1. The predicted octanol–water partition coefficient (Wildman–Crippen LogP) is 2.71. The monoisotopic (exact) mass is 434 g/mol. The molecule has 4 rings (SSSR count). The Bertz CT molecular complexity index is 952. The Hall–Kier alpha value is -3.18. The van der Waals surface area contributed by atoms with Gasteiger partial charge in [0.05, 0.1) is 6.54 Å². The fourth-order valence-electron chi connectivity index (χ4n) is 3.14. The summed E-state index contributed by atoms with van der Waals surface area (Å²) < 4.78 is 11.3. The highest BCUT2D eigenvalue weighted by molar-refractivity contribution is 7.17. The molecule has 1 saturated heterocycles. The van der Waals surface area contributed by atoms with Crippen LogP contribution in [0.3, 0.4) is 0 Å². The molecule has 1 aliphatic rings. The molecule has 0 unspecified atom stereocenters. The van der Waals surface area contributed by atoms with E-state index >= 15 is 0 Å². The molecule has 160 valence electrons. The average molecular weight is 434 g/mol. The number of aromatic nitrogens is 4. The largest absolute Gasteiger partial charge is 0.464 e. The first-order valence-corrected chi connectivity index (χ1v) is 9.96. The number of nitrogens with zero attached hydrogens (tertiary/aromatic N) is 5. The van der Waals surface area contributed by atoms with Crippen LogP contribution in [0.25, 0.3) is 0 Å². The van der Waals surface area contributed by atoms with Gasteiger partial charge in [-0.05, 0) is 29.0 Å².